The molecule has 3 rings (SSSR count). The Morgan fingerprint density at radius 1 is 1.45 bits per heavy atom. The molecule has 0 amide bonds. The Morgan fingerprint density at radius 2 is 2.09 bits per heavy atom. The third kappa shape index (κ3) is 0.743. The van der Waals surface area contributed by atoms with Gasteiger partial charge in [-0.25, -0.2) is 0 Å². The van der Waals surface area contributed by atoms with Crippen LogP contribution in [0.3, 0.4) is 0 Å². The van der Waals surface area contributed by atoms with Gasteiger partial charge in [-0.2, -0.15) is 0 Å². The molecule has 1 heteroatoms. The molecule has 0 spiro atoms. The van der Waals surface area contributed by atoms with Gasteiger partial charge in [-0.1, -0.05) is 20.8 Å². The molecule has 3 saturated carbocycles. The summed E-state index contributed by atoms with van der Waals surface area (Å²) in [6.07, 6.45) is 2.16. The summed E-state index contributed by atoms with van der Waals surface area (Å²) in [5.74, 6) is 2.24. The average Bonchev–Trinajstić information content (AvgIpc) is 1.93. The van der Waals surface area contributed by atoms with Gasteiger partial charge in [-0.05, 0) is 23.7 Å². The van der Waals surface area contributed by atoms with Crippen molar-refractivity contribution in [3.05, 3.63) is 0 Å². The first-order valence-corrected chi connectivity index (χ1v) is 4.56. The second-order valence-corrected chi connectivity index (χ2v) is 4.82. The van der Waals surface area contributed by atoms with E-state index in [-0.39, 0.29) is 0 Å². The molecule has 0 aromatic heterocycles. The Hall–Kier alpha value is -0.330. The van der Waals surface area contributed by atoms with Crippen LogP contribution in [0.4, 0.5) is 0 Å². The van der Waals surface area contributed by atoms with E-state index in [2.05, 4.69) is 20.8 Å². The maximum Gasteiger partial charge on any atom is 0.136 e. The van der Waals surface area contributed by atoms with E-state index in [0.29, 0.717) is 29.0 Å². The second-order valence-electron chi connectivity index (χ2n) is 4.82. The van der Waals surface area contributed by atoms with Crippen LogP contribution < -0.4 is 0 Å². The quantitative estimate of drug-likeness (QED) is 0.520. The van der Waals surface area contributed by atoms with Crippen molar-refractivity contribution in [2.45, 2.75) is 33.6 Å². The predicted octanol–water partition coefficient (Wildman–Crippen LogP) is 2.26. The van der Waals surface area contributed by atoms with Gasteiger partial charge < -0.3 is 0 Å². The van der Waals surface area contributed by atoms with Crippen LogP contribution in [0.15, 0.2) is 0 Å². The number of ketones is 1. The van der Waals surface area contributed by atoms with Gasteiger partial charge in [0.15, 0.2) is 0 Å². The number of rotatable bonds is 0. The van der Waals surface area contributed by atoms with E-state index in [1.54, 1.807) is 0 Å². The first-order valence-electron chi connectivity index (χ1n) is 4.56. The third-order valence-electron chi connectivity index (χ3n) is 4.11. The Balaban J connectivity index is 2.23. The molecule has 0 saturated heterocycles. The van der Waals surface area contributed by atoms with Crippen molar-refractivity contribution in [1.29, 1.82) is 0 Å². The minimum absolute atomic E-state index is 0.343. The van der Waals surface area contributed by atoms with Crippen molar-refractivity contribution < 1.29 is 4.79 Å². The summed E-state index contributed by atoms with van der Waals surface area (Å²) in [7, 11) is 0. The standard InChI is InChI=1S/C10H16O/c1-6-8-4-7(5-9(6)11)10(8,2)3/h6-8H,4-5H2,1-3H3/t6-,7+,8?/m0/s1. The van der Waals surface area contributed by atoms with Crippen molar-refractivity contribution in [3.63, 3.8) is 0 Å². The average molecular weight is 152 g/mol. The number of Topliss-reactive ketones (excluding diaryl/α,β-unsaturated/α-hetero) is 1. The van der Waals surface area contributed by atoms with E-state index >= 15 is 0 Å². The van der Waals surface area contributed by atoms with Crippen LogP contribution in [0.25, 0.3) is 0 Å². The third-order valence-corrected chi connectivity index (χ3v) is 4.11. The number of carbonyl (C=O) groups is 1. The molecule has 2 bridgehead atoms. The molecule has 3 aliphatic rings. The number of fused-ring (bicyclic) bond motifs is 2. The molecule has 0 aromatic rings. The van der Waals surface area contributed by atoms with Crippen LogP contribution in [0, 0.1) is 23.2 Å². The van der Waals surface area contributed by atoms with Gasteiger partial charge in [-0.3, -0.25) is 4.79 Å². The first-order chi connectivity index (χ1) is 5.03. The zero-order chi connectivity index (χ0) is 8.22. The Kier molecular flexibility index (Phi) is 1.25. The summed E-state index contributed by atoms with van der Waals surface area (Å²) in [4.78, 5) is 11.3. The molecule has 62 valence electrons. The maximum atomic E-state index is 11.3. The minimum Gasteiger partial charge on any atom is -0.299 e. The van der Waals surface area contributed by atoms with Crippen LogP contribution in [0.1, 0.15) is 33.6 Å². The molecular formula is C10H16O. The lowest BCUT2D eigenvalue weighted by Gasteiger charge is -2.58. The molecule has 0 radical (unpaired) electrons. The fourth-order valence-corrected chi connectivity index (χ4v) is 2.90. The molecule has 11 heavy (non-hydrogen) atoms. The van der Waals surface area contributed by atoms with E-state index in [9.17, 15) is 4.79 Å². The van der Waals surface area contributed by atoms with Gasteiger partial charge in [-0.15, -0.1) is 0 Å². The Bertz CT molecular complexity index is 205. The van der Waals surface area contributed by atoms with Crippen molar-refractivity contribution >= 4 is 5.78 Å². The van der Waals surface area contributed by atoms with Crippen molar-refractivity contribution in [1.82, 2.24) is 0 Å². The lowest BCUT2D eigenvalue weighted by atomic mass is 9.45. The fourth-order valence-electron chi connectivity index (χ4n) is 2.90. The number of hydrogen-bond acceptors (Lipinski definition) is 1. The number of carbonyl (C=O) groups excluding carboxylic acids is 1. The van der Waals surface area contributed by atoms with Crippen LogP contribution in [-0.2, 0) is 4.79 Å². The highest BCUT2D eigenvalue weighted by atomic mass is 16.1. The highest BCUT2D eigenvalue weighted by Crippen LogP contribution is 2.59. The molecule has 0 N–H and O–H groups in total. The van der Waals surface area contributed by atoms with Crippen LogP contribution in [0.5, 0.6) is 0 Å². The highest BCUT2D eigenvalue weighted by Gasteiger charge is 2.55. The zero-order valence-corrected chi connectivity index (χ0v) is 7.55. The summed E-state index contributed by atoms with van der Waals surface area (Å²) >= 11 is 0. The second kappa shape index (κ2) is 1.88. The van der Waals surface area contributed by atoms with Gasteiger partial charge in [0.1, 0.15) is 5.78 Å². The lowest BCUT2D eigenvalue weighted by molar-refractivity contribution is -0.152. The van der Waals surface area contributed by atoms with Gasteiger partial charge in [0, 0.05) is 12.3 Å². The normalized spacial score (nSPS) is 46.8. The summed E-state index contributed by atoms with van der Waals surface area (Å²) in [5, 5.41) is 0. The topological polar surface area (TPSA) is 17.1 Å². The monoisotopic (exact) mass is 152 g/mol. The van der Waals surface area contributed by atoms with Gasteiger partial charge in [0.25, 0.3) is 0 Å². The predicted molar refractivity (Wildman–Crippen MR) is 44.2 cm³/mol. The minimum atomic E-state index is 0.343. The van der Waals surface area contributed by atoms with E-state index < -0.39 is 0 Å². The van der Waals surface area contributed by atoms with Crippen molar-refractivity contribution in [3.8, 4) is 0 Å². The smallest absolute Gasteiger partial charge is 0.136 e. The van der Waals surface area contributed by atoms with Gasteiger partial charge >= 0.3 is 0 Å². The highest BCUT2D eigenvalue weighted by molar-refractivity contribution is 5.83. The number of hydrogen-bond donors (Lipinski definition) is 0. The SMILES string of the molecule is C[C@@H]1C(=O)C[C@H]2CC1C2(C)C. The summed E-state index contributed by atoms with van der Waals surface area (Å²) in [6, 6.07) is 0. The largest absolute Gasteiger partial charge is 0.299 e. The van der Waals surface area contributed by atoms with Crippen LogP contribution >= 0.6 is 0 Å². The first kappa shape index (κ1) is 7.33. The Labute approximate surface area is 68.2 Å². The van der Waals surface area contributed by atoms with Crippen LogP contribution in [0.2, 0.25) is 0 Å². The van der Waals surface area contributed by atoms with Gasteiger partial charge in [0.2, 0.25) is 0 Å². The molecule has 0 heterocycles. The van der Waals surface area contributed by atoms with Crippen molar-refractivity contribution in [2.24, 2.45) is 23.2 Å². The Morgan fingerprint density at radius 3 is 2.45 bits per heavy atom. The van der Waals surface area contributed by atoms with Crippen LogP contribution in [-0.4, -0.2) is 5.78 Å². The van der Waals surface area contributed by atoms with E-state index in [1.165, 1.54) is 6.42 Å². The molecule has 1 nitrogen and oxygen atoms in total. The summed E-state index contributed by atoms with van der Waals surface area (Å²) in [6.45, 7) is 6.73. The molecule has 0 aromatic carbocycles. The molecule has 1 unspecified atom stereocenters. The lowest BCUT2D eigenvalue weighted by Crippen LogP contribution is -2.55. The van der Waals surface area contributed by atoms with Crippen molar-refractivity contribution in [2.75, 3.05) is 0 Å². The molecule has 3 aliphatic carbocycles. The van der Waals surface area contributed by atoms with E-state index in [1.807, 2.05) is 0 Å². The maximum absolute atomic E-state index is 11.3. The van der Waals surface area contributed by atoms with Gasteiger partial charge in [0.05, 0.1) is 0 Å². The summed E-state index contributed by atoms with van der Waals surface area (Å²) < 4.78 is 0. The summed E-state index contributed by atoms with van der Waals surface area (Å²) in [5.41, 5.74) is 0.466. The zero-order valence-electron chi connectivity index (χ0n) is 7.55. The molecule has 0 aliphatic heterocycles. The van der Waals surface area contributed by atoms with E-state index in [4.69, 9.17) is 0 Å². The molecule has 3 atom stereocenters. The molecule has 3 fully saturated rings. The fraction of sp³-hybridized carbons (Fsp3) is 0.900. The molecular weight excluding hydrogens is 136 g/mol. The van der Waals surface area contributed by atoms with E-state index in [0.717, 1.165) is 6.42 Å².